The van der Waals surface area contributed by atoms with E-state index in [1.165, 1.54) is 24.1 Å². The molecule has 0 amide bonds. The maximum atomic E-state index is 12.9. The van der Waals surface area contributed by atoms with Gasteiger partial charge in [-0.25, -0.2) is 14.5 Å². The third kappa shape index (κ3) is 1.96. The highest BCUT2D eigenvalue weighted by atomic mass is 35.5. The lowest BCUT2D eigenvalue weighted by atomic mass is 10.3. The van der Waals surface area contributed by atoms with Crippen LogP contribution < -0.4 is 0 Å². The fourth-order valence-electron chi connectivity index (χ4n) is 2.26. The third-order valence-electron chi connectivity index (χ3n) is 3.26. The zero-order chi connectivity index (χ0) is 16.4. The van der Waals surface area contributed by atoms with Crippen LogP contribution in [0.3, 0.4) is 0 Å². The number of halogens is 4. The summed E-state index contributed by atoms with van der Waals surface area (Å²) in [6, 6.07) is 0. The van der Waals surface area contributed by atoms with Crippen molar-refractivity contribution in [2.24, 2.45) is 7.05 Å². The van der Waals surface area contributed by atoms with Crippen molar-refractivity contribution in [1.82, 2.24) is 39.6 Å². The van der Waals surface area contributed by atoms with Gasteiger partial charge >= 0.3 is 6.18 Å². The summed E-state index contributed by atoms with van der Waals surface area (Å²) in [7, 11) is 1.34. The van der Waals surface area contributed by atoms with Crippen molar-refractivity contribution in [1.29, 1.82) is 0 Å². The van der Waals surface area contributed by atoms with Crippen molar-refractivity contribution in [2.75, 3.05) is 0 Å². The summed E-state index contributed by atoms with van der Waals surface area (Å²) >= 11 is 5.85. The van der Waals surface area contributed by atoms with Crippen LogP contribution in [0.4, 0.5) is 13.2 Å². The summed E-state index contributed by atoms with van der Waals surface area (Å²) < 4.78 is 41.0. The number of hydrogen-bond donors (Lipinski definition) is 1. The van der Waals surface area contributed by atoms with Crippen molar-refractivity contribution in [3.05, 3.63) is 23.2 Å². The van der Waals surface area contributed by atoms with Gasteiger partial charge in [0, 0.05) is 7.05 Å². The Bertz CT molecular complexity index is 1040. The van der Waals surface area contributed by atoms with Gasteiger partial charge in [-0.2, -0.15) is 23.4 Å². The Hall–Kier alpha value is -2.69. The van der Waals surface area contributed by atoms with Crippen LogP contribution in [-0.4, -0.2) is 39.6 Å². The Labute approximate surface area is 129 Å². The van der Waals surface area contributed by atoms with Crippen LogP contribution in [0, 0.1) is 0 Å². The third-order valence-corrected chi connectivity index (χ3v) is 3.62. The van der Waals surface area contributed by atoms with Crippen LogP contribution in [-0.2, 0) is 13.2 Å². The first-order chi connectivity index (χ1) is 10.9. The van der Waals surface area contributed by atoms with E-state index in [-0.39, 0.29) is 11.5 Å². The zero-order valence-corrected chi connectivity index (χ0v) is 12.1. The molecular formula is C11H6ClF3N8. The first-order valence-corrected chi connectivity index (χ1v) is 6.58. The number of aromatic nitrogens is 8. The molecule has 0 spiro atoms. The van der Waals surface area contributed by atoms with Crippen LogP contribution in [0.1, 0.15) is 5.69 Å². The molecule has 0 bridgehead atoms. The maximum Gasteiger partial charge on any atom is 0.436 e. The molecule has 1 N–H and O–H groups in total. The fraction of sp³-hybridized carbons (Fsp3) is 0.182. The molecule has 8 nitrogen and oxygen atoms in total. The minimum atomic E-state index is -4.66. The summed E-state index contributed by atoms with van der Waals surface area (Å²) in [6.07, 6.45) is -1.78. The van der Waals surface area contributed by atoms with Crippen molar-refractivity contribution in [3.63, 3.8) is 0 Å². The molecule has 4 heterocycles. The molecule has 4 rings (SSSR count). The molecule has 118 valence electrons. The Balaban J connectivity index is 1.98. The van der Waals surface area contributed by atoms with E-state index in [9.17, 15) is 13.2 Å². The predicted molar refractivity (Wildman–Crippen MR) is 72.6 cm³/mol. The normalized spacial score (nSPS) is 12.6. The Morgan fingerprint density at radius 3 is 2.74 bits per heavy atom. The SMILES string of the molecule is Cn1nc(C(F)(F)F)c(Cl)c1-c1nc2c3cn[nH]c3ncn2n1. The molecule has 0 aliphatic heterocycles. The van der Waals surface area contributed by atoms with E-state index >= 15 is 0 Å². The zero-order valence-electron chi connectivity index (χ0n) is 11.3. The highest BCUT2D eigenvalue weighted by Gasteiger charge is 2.39. The van der Waals surface area contributed by atoms with Crippen molar-refractivity contribution in [3.8, 4) is 11.5 Å². The van der Waals surface area contributed by atoms with Gasteiger partial charge in [0.15, 0.2) is 17.0 Å². The fourth-order valence-corrected chi connectivity index (χ4v) is 2.62. The van der Waals surface area contributed by atoms with E-state index in [0.717, 1.165) is 4.68 Å². The van der Waals surface area contributed by atoms with Crippen molar-refractivity contribution >= 4 is 28.3 Å². The number of aromatic amines is 1. The lowest BCUT2D eigenvalue weighted by Gasteiger charge is -2.00. The van der Waals surface area contributed by atoms with Crippen molar-refractivity contribution < 1.29 is 13.2 Å². The summed E-state index contributed by atoms with van der Waals surface area (Å²) in [4.78, 5) is 8.31. The number of fused-ring (bicyclic) bond motifs is 3. The molecule has 12 heteroatoms. The molecule has 0 unspecified atom stereocenters. The average Bonchev–Trinajstić information content (AvgIpc) is 3.13. The summed E-state index contributed by atoms with van der Waals surface area (Å²) in [5.41, 5.74) is -0.324. The summed E-state index contributed by atoms with van der Waals surface area (Å²) in [5.74, 6) is 0.0102. The predicted octanol–water partition coefficient (Wildman–Crippen LogP) is 2.07. The lowest BCUT2D eigenvalue weighted by molar-refractivity contribution is -0.141. The van der Waals surface area contributed by atoms with Crippen LogP contribution in [0.5, 0.6) is 0 Å². The molecule has 23 heavy (non-hydrogen) atoms. The van der Waals surface area contributed by atoms with Gasteiger partial charge in [-0.15, -0.1) is 5.10 Å². The van der Waals surface area contributed by atoms with E-state index in [4.69, 9.17) is 11.6 Å². The van der Waals surface area contributed by atoms with Crippen LogP contribution in [0.15, 0.2) is 12.5 Å². The standard InChI is InChI=1S/C11H6ClF3N8/c1-22-6(5(12)7(20-22)11(13,14)15)9-18-10-4-2-17-19-8(4)16-3-23(10)21-9/h2-3H,1H3,(H,17,19). The first kappa shape index (κ1) is 13.9. The van der Waals surface area contributed by atoms with E-state index in [2.05, 4.69) is 30.4 Å². The van der Waals surface area contributed by atoms with E-state index in [1.54, 1.807) is 0 Å². The van der Waals surface area contributed by atoms with Crippen LogP contribution >= 0.6 is 11.6 Å². The van der Waals surface area contributed by atoms with E-state index < -0.39 is 16.9 Å². The molecule has 0 aliphatic carbocycles. The second kappa shape index (κ2) is 4.41. The number of aryl methyl sites for hydroxylation is 1. The summed E-state index contributed by atoms with van der Waals surface area (Å²) in [5, 5.41) is 14.1. The second-order valence-electron chi connectivity index (χ2n) is 4.71. The largest absolute Gasteiger partial charge is 0.436 e. The van der Waals surface area contributed by atoms with Gasteiger partial charge < -0.3 is 0 Å². The van der Waals surface area contributed by atoms with Gasteiger partial charge in [0.2, 0.25) is 5.82 Å². The molecule has 4 aromatic rings. The van der Waals surface area contributed by atoms with Crippen molar-refractivity contribution in [2.45, 2.75) is 6.18 Å². The van der Waals surface area contributed by atoms with Gasteiger partial charge in [0.1, 0.15) is 17.0 Å². The lowest BCUT2D eigenvalue weighted by Crippen LogP contribution is -2.07. The Kier molecular flexibility index (Phi) is 2.67. The highest BCUT2D eigenvalue weighted by Crippen LogP contribution is 2.38. The number of alkyl halides is 3. The number of rotatable bonds is 1. The molecule has 0 radical (unpaired) electrons. The van der Waals surface area contributed by atoms with Gasteiger partial charge in [-0.3, -0.25) is 9.78 Å². The van der Waals surface area contributed by atoms with Crippen LogP contribution in [0.2, 0.25) is 5.02 Å². The van der Waals surface area contributed by atoms with Gasteiger partial charge in [0.25, 0.3) is 0 Å². The first-order valence-electron chi connectivity index (χ1n) is 6.21. The van der Waals surface area contributed by atoms with E-state index in [0.29, 0.717) is 16.7 Å². The highest BCUT2D eigenvalue weighted by molar-refractivity contribution is 6.33. The quantitative estimate of drug-likeness (QED) is 0.572. The molecule has 0 saturated heterocycles. The Morgan fingerprint density at radius 2 is 2.04 bits per heavy atom. The number of nitrogens with zero attached hydrogens (tertiary/aromatic N) is 7. The van der Waals surface area contributed by atoms with Crippen LogP contribution in [0.25, 0.3) is 28.2 Å². The molecule has 0 aromatic carbocycles. The van der Waals surface area contributed by atoms with E-state index in [1.807, 2.05) is 0 Å². The second-order valence-corrected chi connectivity index (χ2v) is 5.09. The van der Waals surface area contributed by atoms with Gasteiger partial charge in [-0.1, -0.05) is 11.6 Å². The number of H-pyrrole nitrogens is 1. The molecule has 0 aliphatic rings. The molecule has 0 fully saturated rings. The van der Waals surface area contributed by atoms with Gasteiger partial charge in [0.05, 0.1) is 11.6 Å². The average molecular weight is 343 g/mol. The number of nitrogens with one attached hydrogen (secondary N) is 1. The molecular weight excluding hydrogens is 337 g/mol. The molecule has 0 saturated carbocycles. The number of hydrogen-bond acceptors (Lipinski definition) is 5. The minimum absolute atomic E-state index is 0.0102. The summed E-state index contributed by atoms with van der Waals surface area (Å²) in [6.45, 7) is 0. The maximum absolute atomic E-state index is 12.9. The minimum Gasteiger partial charge on any atom is -0.262 e. The monoisotopic (exact) mass is 342 g/mol. The Morgan fingerprint density at radius 1 is 1.26 bits per heavy atom. The molecule has 4 aromatic heterocycles. The van der Waals surface area contributed by atoms with Gasteiger partial charge in [-0.05, 0) is 0 Å². The molecule has 0 atom stereocenters. The topological polar surface area (TPSA) is 89.6 Å². The smallest absolute Gasteiger partial charge is 0.262 e.